The molecule has 1 aromatic rings. The zero-order chi connectivity index (χ0) is 11.6. The van der Waals surface area contributed by atoms with Crippen molar-refractivity contribution in [1.82, 2.24) is 0 Å². The summed E-state index contributed by atoms with van der Waals surface area (Å²) >= 11 is 6.02. The first kappa shape index (κ1) is 12.3. The third kappa shape index (κ3) is 2.44. The Bertz CT molecular complexity index is 363. The Morgan fingerprint density at radius 1 is 1.47 bits per heavy atom. The number of rotatable bonds is 3. The van der Waals surface area contributed by atoms with Gasteiger partial charge in [-0.1, -0.05) is 18.5 Å². The molecule has 0 heterocycles. The molecule has 1 unspecified atom stereocenters. The summed E-state index contributed by atoms with van der Waals surface area (Å²) in [6.07, 6.45) is 0.933. The normalized spacial score (nSPS) is 12.9. The van der Waals surface area contributed by atoms with Crippen molar-refractivity contribution in [3.8, 4) is 5.75 Å². The van der Waals surface area contributed by atoms with E-state index >= 15 is 0 Å². The maximum atomic E-state index is 9.56. The van der Waals surface area contributed by atoms with Crippen LogP contribution in [0.5, 0.6) is 5.75 Å². The number of halogens is 1. The molecule has 0 radical (unpaired) electrons. The van der Waals surface area contributed by atoms with Gasteiger partial charge in [0, 0.05) is 0 Å². The lowest BCUT2D eigenvalue weighted by Gasteiger charge is -2.18. The second-order valence-electron chi connectivity index (χ2n) is 4.04. The van der Waals surface area contributed by atoms with E-state index in [2.05, 4.69) is 6.92 Å². The predicted octanol–water partition coefficient (Wildman–Crippen LogP) is 3.11. The summed E-state index contributed by atoms with van der Waals surface area (Å²) in [5.74, 6) is 0.545. The summed E-state index contributed by atoms with van der Waals surface area (Å²) in [5, 5.41) is 10.0. The fraction of sp³-hybridized carbons (Fsp3) is 0.500. The lowest BCUT2D eigenvalue weighted by molar-refractivity contribution is 0.474. The van der Waals surface area contributed by atoms with Crippen molar-refractivity contribution >= 4 is 11.6 Å². The fourth-order valence-electron chi connectivity index (χ4n) is 2.10. The first-order valence-corrected chi connectivity index (χ1v) is 5.55. The predicted molar refractivity (Wildman–Crippen MR) is 64.7 cm³/mol. The van der Waals surface area contributed by atoms with Crippen LogP contribution in [0.15, 0.2) is 6.07 Å². The Balaban J connectivity index is 3.23. The number of aromatic hydroxyl groups is 1. The lowest BCUT2D eigenvalue weighted by Crippen LogP contribution is -2.07. The average Bonchev–Trinajstić information content (AvgIpc) is 2.15. The van der Waals surface area contributed by atoms with Gasteiger partial charge >= 0.3 is 0 Å². The molecular weight excluding hydrogens is 210 g/mol. The molecule has 0 aromatic heterocycles. The van der Waals surface area contributed by atoms with Crippen LogP contribution in [0.1, 0.15) is 36.0 Å². The Kier molecular flexibility index (Phi) is 4.00. The van der Waals surface area contributed by atoms with Crippen LogP contribution in [0.2, 0.25) is 5.02 Å². The lowest BCUT2D eigenvalue weighted by atomic mass is 9.89. The summed E-state index contributed by atoms with van der Waals surface area (Å²) in [4.78, 5) is 0. The van der Waals surface area contributed by atoms with Crippen molar-refractivity contribution in [3.05, 3.63) is 27.8 Å². The first-order valence-electron chi connectivity index (χ1n) is 5.17. The minimum atomic E-state index is 0.162. The minimum absolute atomic E-state index is 0.162. The van der Waals surface area contributed by atoms with Crippen LogP contribution in [0.25, 0.3) is 0 Å². The van der Waals surface area contributed by atoms with Crippen LogP contribution in [0.3, 0.4) is 0 Å². The number of benzene rings is 1. The molecule has 0 aliphatic carbocycles. The first-order chi connectivity index (χ1) is 6.99. The summed E-state index contributed by atoms with van der Waals surface area (Å²) in [7, 11) is 0. The highest BCUT2D eigenvalue weighted by atomic mass is 35.5. The molecule has 0 saturated carbocycles. The molecule has 0 amide bonds. The number of hydrogen-bond acceptors (Lipinski definition) is 2. The van der Waals surface area contributed by atoms with Crippen LogP contribution in [-0.2, 0) is 0 Å². The number of phenolic OH excluding ortho intramolecular Hbond substituents is 1. The Morgan fingerprint density at radius 2 is 2.07 bits per heavy atom. The molecule has 1 atom stereocenters. The minimum Gasteiger partial charge on any atom is -0.506 e. The van der Waals surface area contributed by atoms with Crippen molar-refractivity contribution < 1.29 is 5.11 Å². The third-order valence-corrected chi connectivity index (χ3v) is 3.31. The Labute approximate surface area is 96.1 Å². The molecule has 1 rings (SSSR count). The third-order valence-electron chi connectivity index (χ3n) is 2.83. The van der Waals surface area contributed by atoms with Gasteiger partial charge in [-0.15, -0.1) is 0 Å². The fourth-order valence-corrected chi connectivity index (χ4v) is 2.26. The van der Waals surface area contributed by atoms with Gasteiger partial charge in [-0.3, -0.25) is 0 Å². The quantitative estimate of drug-likeness (QED) is 0.834. The summed E-state index contributed by atoms with van der Waals surface area (Å²) in [6.45, 7) is 6.73. The van der Waals surface area contributed by atoms with E-state index in [1.54, 1.807) is 6.07 Å². The maximum absolute atomic E-state index is 9.56. The summed E-state index contributed by atoms with van der Waals surface area (Å²) < 4.78 is 0. The molecule has 84 valence electrons. The average molecular weight is 228 g/mol. The molecule has 15 heavy (non-hydrogen) atoms. The van der Waals surface area contributed by atoms with Gasteiger partial charge in [0.2, 0.25) is 0 Å². The second kappa shape index (κ2) is 4.86. The second-order valence-corrected chi connectivity index (χ2v) is 4.42. The molecule has 1 aromatic carbocycles. The van der Waals surface area contributed by atoms with Gasteiger partial charge in [-0.2, -0.15) is 0 Å². The number of nitrogens with two attached hydrogens (primary N) is 1. The van der Waals surface area contributed by atoms with E-state index in [0.29, 0.717) is 17.5 Å². The number of phenols is 1. The van der Waals surface area contributed by atoms with Gasteiger partial charge in [0.15, 0.2) is 0 Å². The zero-order valence-corrected chi connectivity index (χ0v) is 10.2. The van der Waals surface area contributed by atoms with Crippen LogP contribution in [-0.4, -0.2) is 11.7 Å². The van der Waals surface area contributed by atoms with Gasteiger partial charge in [0.25, 0.3) is 0 Å². The van der Waals surface area contributed by atoms with Crippen molar-refractivity contribution in [2.45, 2.75) is 33.1 Å². The van der Waals surface area contributed by atoms with Gasteiger partial charge in [0.05, 0.1) is 5.02 Å². The van der Waals surface area contributed by atoms with Crippen molar-refractivity contribution in [1.29, 1.82) is 0 Å². The van der Waals surface area contributed by atoms with Gasteiger partial charge in [-0.25, -0.2) is 0 Å². The molecule has 0 spiro atoms. The molecular formula is C12H18ClNO. The smallest absolute Gasteiger partial charge is 0.134 e. The summed E-state index contributed by atoms with van der Waals surface area (Å²) in [6, 6.07) is 1.72. The Morgan fingerprint density at radius 3 is 2.60 bits per heavy atom. The van der Waals surface area contributed by atoms with Crippen LogP contribution in [0, 0.1) is 13.8 Å². The topological polar surface area (TPSA) is 46.2 Å². The highest BCUT2D eigenvalue weighted by Gasteiger charge is 2.15. The highest BCUT2D eigenvalue weighted by molar-refractivity contribution is 6.32. The largest absolute Gasteiger partial charge is 0.506 e. The number of aryl methyl sites for hydroxylation is 1. The van der Waals surface area contributed by atoms with Crippen LogP contribution < -0.4 is 5.73 Å². The molecule has 0 aliphatic rings. The molecule has 0 fully saturated rings. The van der Waals surface area contributed by atoms with E-state index in [0.717, 1.165) is 17.5 Å². The van der Waals surface area contributed by atoms with Crippen LogP contribution in [0.4, 0.5) is 0 Å². The molecule has 0 bridgehead atoms. The van der Waals surface area contributed by atoms with Crippen LogP contribution >= 0.6 is 11.6 Å². The van der Waals surface area contributed by atoms with Crippen molar-refractivity contribution in [3.63, 3.8) is 0 Å². The summed E-state index contributed by atoms with van der Waals surface area (Å²) in [5.41, 5.74) is 8.81. The van der Waals surface area contributed by atoms with E-state index in [-0.39, 0.29) is 5.75 Å². The molecule has 0 saturated heterocycles. The molecule has 2 nitrogen and oxygen atoms in total. The monoisotopic (exact) mass is 227 g/mol. The molecule has 0 aliphatic heterocycles. The SMILES string of the molecule is Cc1cc(O)c(Cl)c(C)c1C(C)CCN. The van der Waals surface area contributed by atoms with Gasteiger partial charge in [0.1, 0.15) is 5.75 Å². The zero-order valence-electron chi connectivity index (χ0n) is 9.47. The van der Waals surface area contributed by atoms with E-state index < -0.39 is 0 Å². The van der Waals surface area contributed by atoms with Gasteiger partial charge < -0.3 is 10.8 Å². The van der Waals surface area contributed by atoms with E-state index in [1.165, 1.54) is 5.56 Å². The van der Waals surface area contributed by atoms with Gasteiger partial charge in [-0.05, 0) is 55.5 Å². The van der Waals surface area contributed by atoms with E-state index in [9.17, 15) is 5.11 Å². The van der Waals surface area contributed by atoms with E-state index in [1.807, 2.05) is 13.8 Å². The van der Waals surface area contributed by atoms with Crippen molar-refractivity contribution in [2.75, 3.05) is 6.54 Å². The molecule has 3 heteroatoms. The Hall–Kier alpha value is -0.730. The number of hydrogen-bond donors (Lipinski definition) is 2. The maximum Gasteiger partial charge on any atom is 0.134 e. The standard InChI is InChI=1S/C12H18ClNO/c1-7(4-5-14)11-8(2)6-10(15)12(13)9(11)3/h6-7,15H,4-5,14H2,1-3H3. The molecule has 3 N–H and O–H groups in total. The van der Waals surface area contributed by atoms with Crippen molar-refractivity contribution in [2.24, 2.45) is 5.73 Å². The highest BCUT2D eigenvalue weighted by Crippen LogP contribution is 2.36. The van der Waals surface area contributed by atoms with E-state index in [4.69, 9.17) is 17.3 Å².